The van der Waals surface area contributed by atoms with E-state index in [4.69, 9.17) is 4.74 Å². The van der Waals surface area contributed by atoms with Crippen LogP contribution in [0.2, 0.25) is 0 Å². The molecule has 0 aliphatic carbocycles. The zero-order valence-electron chi connectivity index (χ0n) is 11.7. The third kappa shape index (κ3) is 3.28. The molecule has 6 nitrogen and oxygen atoms in total. The highest BCUT2D eigenvalue weighted by Gasteiger charge is 2.21. The van der Waals surface area contributed by atoms with Gasteiger partial charge in [-0.05, 0) is 30.5 Å². The number of amides is 1. The average molecular weight is 286 g/mol. The number of carbonyl (C=O) groups is 1. The van der Waals surface area contributed by atoms with Crippen LogP contribution in [0.3, 0.4) is 0 Å². The summed E-state index contributed by atoms with van der Waals surface area (Å²) >= 11 is 0. The molecule has 1 amide bonds. The minimum atomic E-state index is -0.108. The SMILES string of the molecule is O=C(NCc1cccnc1)c1ccnn1C1CCOCC1. The number of carbonyl (C=O) groups excluding carboxylic acids is 1. The first-order valence-electron chi connectivity index (χ1n) is 7.13. The van der Waals surface area contributed by atoms with Gasteiger partial charge < -0.3 is 10.1 Å². The second kappa shape index (κ2) is 6.49. The summed E-state index contributed by atoms with van der Waals surface area (Å²) in [7, 11) is 0. The van der Waals surface area contributed by atoms with Gasteiger partial charge in [0.1, 0.15) is 5.69 Å². The molecule has 0 atom stereocenters. The van der Waals surface area contributed by atoms with Crippen LogP contribution in [0.4, 0.5) is 0 Å². The van der Waals surface area contributed by atoms with Gasteiger partial charge in [0.05, 0.1) is 6.04 Å². The van der Waals surface area contributed by atoms with Crippen molar-refractivity contribution in [2.75, 3.05) is 13.2 Å². The van der Waals surface area contributed by atoms with Gasteiger partial charge in [0.15, 0.2) is 0 Å². The van der Waals surface area contributed by atoms with Crippen molar-refractivity contribution in [2.45, 2.75) is 25.4 Å². The second-order valence-electron chi connectivity index (χ2n) is 5.05. The van der Waals surface area contributed by atoms with Crippen LogP contribution in [0.25, 0.3) is 0 Å². The summed E-state index contributed by atoms with van der Waals surface area (Å²) < 4.78 is 7.18. The van der Waals surface area contributed by atoms with E-state index in [9.17, 15) is 4.79 Å². The summed E-state index contributed by atoms with van der Waals surface area (Å²) in [5, 5.41) is 7.21. The summed E-state index contributed by atoms with van der Waals surface area (Å²) in [6.07, 6.45) is 6.92. The molecular weight excluding hydrogens is 268 g/mol. The van der Waals surface area contributed by atoms with E-state index in [-0.39, 0.29) is 11.9 Å². The van der Waals surface area contributed by atoms with E-state index in [1.54, 1.807) is 24.7 Å². The van der Waals surface area contributed by atoms with E-state index in [2.05, 4.69) is 15.4 Å². The Morgan fingerprint density at radius 1 is 1.33 bits per heavy atom. The highest BCUT2D eigenvalue weighted by atomic mass is 16.5. The van der Waals surface area contributed by atoms with Gasteiger partial charge in [-0.3, -0.25) is 14.5 Å². The van der Waals surface area contributed by atoms with Gasteiger partial charge >= 0.3 is 0 Å². The summed E-state index contributed by atoms with van der Waals surface area (Å²) in [6, 6.07) is 5.79. The number of nitrogens with zero attached hydrogens (tertiary/aromatic N) is 3. The Kier molecular flexibility index (Phi) is 4.25. The molecule has 1 fully saturated rings. The summed E-state index contributed by atoms with van der Waals surface area (Å²) in [5.41, 5.74) is 1.58. The molecule has 3 heterocycles. The Bertz CT molecular complexity index is 591. The molecule has 110 valence electrons. The fraction of sp³-hybridized carbons (Fsp3) is 0.400. The number of rotatable bonds is 4. The number of pyridine rings is 1. The van der Waals surface area contributed by atoms with Gasteiger partial charge in [-0.15, -0.1) is 0 Å². The van der Waals surface area contributed by atoms with Crippen LogP contribution < -0.4 is 5.32 Å². The van der Waals surface area contributed by atoms with Crippen molar-refractivity contribution in [3.63, 3.8) is 0 Å². The predicted octanol–water partition coefficient (Wildman–Crippen LogP) is 1.56. The number of aromatic nitrogens is 3. The van der Waals surface area contributed by atoms with E-state index in [1.165, 1.54) is 0 Å². The van der Waals surface area contributed by atoms with Crippen LogP contribution in [-0.4, -0.2) is 33.9 Å². The number of hydrogen-bond acceptors (Lipinski definition) is 4. The van der Waals surface area contributed by atoms with Gasteiger partial charge in [0.2, 0.25) is 0 Å². The van der Waals surface area contributed by atoms with Crippen molar-refractivity contribution in [3.05, 3.63) is 48.0 Å². The third-order valence-electron chi connectivity index (χ3n) is 3.62. The Morgan fingerprint density at radius 3 is 2.95 bits per heavy atom. The van der Waals surface area contributed by atoms with Crippen LogP contribution in [0.1, 0.15) is 34.9 Å². The van der Waals surface area contributed by atoms with E-state index >= 15 is 0 Å². The van der Waals surface area contributed by atoms with Crippen LogP contribution in [0.5, 0.6) is 0 Å². The lowest BCUT2D eigenvalue weighted by atomic mass is 10.1. The summed E-state index contributed by atoms with van der Waals surface area (Å²) in [4.78, 5) is 16.4. The van der Waals surface area contributed by atoms with E-state index in [1.807, 2.05) is 16.8 Å². The van der Waals surface area contributed by atoms with Crippen molar-refractivity contribution < 1.29 is 9.53 Å². The maximum atomic E-state index is 12.3. The van der Waals surface area contributed by atoms with Crippen molar-refractivity contribution in [1.29, 1.82) is 0 Å². The van der Waals surface area contributed by atoms with Gasteiger partial charge in [-0.2, -0.15) is 5.10 Å². The van der Waals surface area contributed by atoms with E-state index < -0.39 is 0 Å². The minimum absolute atomic E-state index is 0.108. The Labute approximate surface area is 123 Å². The van der Waals surface area contributed by atoms with Crippen molar-refractivity contribution in [3.8, 4) is 0 Å². The van der Waals surface area contributed by atoms with Gasteiger partial charge in [-0.1, -0.05) is 6.07 Å². The van der Waals surface area contributed by atoms with Gasteiger partial charge in [-0.25, -0.2) is 0 Å². The minimum Gasteiger partial charge on any atom is -0.381 e. The standard InChI is InChI=1S/C15H18N4O2/c20-15(17-11-12-2-1-6-16-10-12)14-3-7-18-19(14)13-4-8-21-9-5-13/h1-3,6-7,10,13H,4-5,8-9,11H2,(H,17,20). The molecule has 0 spiro atoms. The molecule has 1 saturated heterocycles. The molecule has 6 heteroatoms. The Balaban J connectivity index is 1.66. The van der Waals surface area contributed by atoms with E-state index in [0.29, 0.717) is 12.2 Å². The normalized spacial score (nSPS) is 15.8. The number of hydrogen-bond donors (Lipinski definition) is 1. The maximum Gasteiger partial charge on any atom is 0.269 e. The van der Waals surface area contributed by atoms with Crippen LogP contribution in [0.15, 0.2) is 36.8 Å². The highest BCUT2D eigenvalue weighted by molar-refractivity contribution is 5.92. The quantitative estimate of drug-likeness (QED) is 0.926. The maximum absolute atomic E-state index is 12.3. The second-order valence-corrected chi connectivity index (χ2v) is 5.05. The number of ether oxygens (including phenoxy) is 1. The highest BCUT2D eigenvalue weighted by Crippen LogP contribution is 2.21. The van der Waals surface area contributed by atoms with E-state index in [0.717, 1.165) is 31.6 Å². The summed E-state index contributed by atoms with van der Waals surface area (Å²) in [6.45, 7) is 1.91. The fourth-order valence-electron chi connectivity index (χ4n) is 2.49. The molecular formula is C15H18N4O2. The topological polar surface area (TPSA) is 69.0 Å². The molecule has 0 saturated carbocycles. The largest absolute Gasteiger partial charge is 0.381 e. The molecule has 3 rings (SSSR count). The molecule has 1 aliphatic heterocycles. The molecule has 2 aromatic rings. The fourth-order valence-corrected chi connectivity index (χ4v) is 2.49. The summed E-state index contributed by atoms with van der Waals surface area (Å²) in [5.74, 6) is -0.108. The van der Waals surface area contributed by atoms with Crippen LogP contribution in [-0.2, 0) is 11.3 Å². The third-order valence-corrected chi connectivity index (χ3v) is 3.62. The van der Waals surface area contributed by atoms with Gasteiger partial charge in [0.25, 0.3) is 5.91 Å². The smallest absolute Gasteiger partial charge is 0.269 e. The molecule has 0 unspecified atom stereocenters. The average Bonchev–Trinajstić information content (AvgIpc) is 3.04. The molecule has 1 aliphatic rings. The molecule has 0 bridgehead atoms. The Hall–Kier alpha value is -2.21. The first kappa shape index (κ1) is 13.8. The molecule has 21 heavy (non-hydrogen) atoms. The molecule has 0 radical (unpaired) electrons. The molecule has 1 N–H and O–H groups in total. The van der Waals surface area contributed by atoms with Crippen molar-refractivity contribution in [2.24, 2.45) is 0 Å². The molecule has 0 aromatic carbocycles. The van der Waals surface area contributed by atoms with Crippen molar-refractivity contribution >= 4 is 5.91 Å². The zero-order valence-corrected chi connectivity index (χ0v) is 11.7. The first-order chi connectivity index (χ1) is 10.3. The van der Waals surface area contributed by atoms with Crippen LogP contribution in [0, 0.1) is 0 Å². The lowest BCUT2D eigenvalue weighted by Gasteiger charge is -2.23. The lowest BCUT2D eigenvalue weighted by Crippen LogP contribution is -2.29. The van der Waals surface area contributed by atoms with Crippen LogP contribution >= 0.6 is 0 Å². The first-order valence-corrected chi connectivity index (χ1v) is 7.13. The zero-order chi connectivity index (χ0) is 14.5. The molecule has 2 aromatic heterocycles. The van der Waals surface area contributed by atoms with Crippen molar-refractivity contribution in [1.82, 2.24) is 20.1 Å². The number of nitrogens with one attached hydrogen (secondary N) is 1. The van der Waals surface area contributed by atoms with Gasteiger partial charge in [0, 0.05) is 38.3 Å². The predicted molar refractivity (Wildman–Crippen MR) is 76.7 cm³/mol. The monoisotopic (exact) mass is 286 g/mol. The Morgan fingerprint density at radius 2 is 2.19 bits per heavy atom. The lowest BCUT2D eigenvalue weighted by molar-refractivity contribution is 0.0641.